The van der Waals surface area contributed by atoms with Crippen LogP contribution in [-0.4, -0.2) is 24.5 Å². The Hall–Kier alpha value is -1.36. The molecule has 1 fully saturated rings. The molecule has 1 aromatic heterocycles. The Morgan fingerprint density at radius 2 is 2.23 bits per heavy atom. The third kappa shape index (κ3) is 2.91. The minimum atomic E-state index is -0.453. The quantitative estimate of drug-likeness (QED) is 0.773. The highest BCUT2D eigenvalue weighted by Gasteiger charge is 2.38. The molecule has 2 atom stereocenters. The van der Waals surface area contributed by atoms with Gasteiger partial charge < -0.3 is 4.74 Å². The molecule has 2 aromatic rings. The first-order valence-electron chi connectivity index (χ1n) is 7.32. The maximum absolute atomic E-state index is 12.4. The highest BCUT2D eigenvalue weighted by molar-refractivity contribution is 7.07. The summed E-state index contributed by atoms with van der Waals surface area (Å²) in [4.78, 5) is 14.7. The van der Waals surface area contributed by atoms with Crippen LogP contribution >= 0.6 is 22.9 Å². The second-order valence-electron chi connectivity index (χ2n) is 5.40. The lowest BCUT2D eigenvalue weighted by atomic mass is 10.0. The van der Waals surface area contributed by atoms with Crippen LogP contribution in [0, 0.1) is 0 Å². The molecule has 22 heavy (non-hydrogen) atoms. The van der Waals surface area contributed by atoms with E-state index in [1.54, 1.807) is 11.3 Å². The summed E-state index contributed by atoms with van der Waals surface area (Å²) < 4.78 is 5.06. The number of hydrogen-bond donors (Lipinski definition) is 0. The number of ether oxygens (including phenoxy) is 1. The number of nitrogens with zero attached hydrogens (tertiary/aromatic N) is 1. The fourth-order valence-corrected chi connectivity index (χ4v) is 4.12. The summed E-state index contributed by atoms with van der Waals surface area (Å²) in [5.41, 5.74) is 2.08. The number of carbonyl (C=O) groups excluding carboxylic acids is 1. The third-order valence-corrected chi connectivity index (χ3v) is 5.22. The molecule has 0 unspecified atom stereocenters. The zero-order valence-corrected chi connectivity index (χ0v) is 13.9. The summed E-state index contributed by atoms with van der Waals surface area (Å²) in [6.45, 7) is 0.867. The Kier molecular flexibility index (Phi) is 4.81. The summed E-state index contributed by atoms with van der Waals surface area (Å²) in [6, 6.07) is 9.44. The van der Waals surface area contributed by atoms with Gasteiger partial charge in [0.05, 0.1) is 7.11 Å². The zero-order chi connectivity index (χ0) is 15.5. The molecule has 3 rings (SSSR count). The van der Waals surface area contributed by atoms with Crippen molar-refractivity contribution in [2.24, 2.45) is 0 Å². The van der Waals surface area contributed by atoms with Gasteiger partial charge in [-0.3, -0.25) is 4.90 Å². The van der Waals surface area contributed by atoms with Crippen LogP contribution < -0.4 is 0 Å². The molecule has 0 spiro atoms. The molecular weight excluding hydrogens is 318 g/mol. The summed E-state index contributed by atoms with van der Waals surface area (Å²) in [6.07, 6.45) is 2.12. The van der Waals surface area contributed by atoms with E-state index in [9.17, 15) is 4.79 Å². The maximum atomic E-state index is 12.4. The molecule has 1 aliphatic heterocycles. The van der Waals surface area contributed by atoms with Gasteiger partial charge in [-0.15, -0.1) is 0 Å². The largest absolute Gasteiger partial charge is 0.468 e. The number of methoxy groups -OCH3 is 1. The van der Waals surface area contributed by atoms with E-state index in [1.807, 2.05) is 24.3 Å². The van der Waals surface area contributed by atoms with Gasteiger partial charge in [-0.2, -0.15) is 11.3 Å². The van der Waals surface area contributed by atoms with E-state index in [4.69, 9.17) is 16.3 Å². The maximum Gasteiger partial charge on any atom is 0.327 e. The topological polar surface area (TPSA) is 29.5 Å². The van der Waals surface area contributed by atoms with Crippen LogP contribution in [0.2, 0.25) is 5.02 Å². The molecule has 1 aliphatic rings. The molecule has 2 heterocycles. The summed E-state index contributed by atoms with van der Waals surface area (Å²) in [5.74, 6) is -0.254. The van der Waals surface area contributed by atoms with E-state index >= 15 is 0 Å². The Morgan fingerprint density at radius 3 is 2.91 bits per heavy atom. The summed E-state index contributed by atoms with van der Waals surface area (Å²) in [5, 5.41) is 4.84. The summed E-state index contributed by atoms with van der Waals surface area (Å²) in [7, 11) is 1.43. The second kappa shape index (κ2) is 6.82. The van der Waals surface area contributed by atoms with Crippen LogP contribution in [0.15, 0.2) is 41.1 Å². The van der Waals surface area contributed by atoms with E-state index in [0.29, 0.717) is 5.02 Å². The number of carbonyl (C=O) groups is 1. The standard InChI is InChI=1S/C17H18ClNO2S/c1-21-17(20)16(13-5-2-3-6-14(13)18)19-9-4-7-15(19)12-8-10-22-11-12/h2-3,5-6,8,10-11,15-16H,4,7,9H2,1H3/t15-,16-/m1/s1. The van der Waals surface area contributed by atoms with Crippen molar-refractivity contribution in [3.05, 3.63) is 57.2 Å². The predicted molar refractivity (Wildman–Crippen MR) is 89.2 cm³/mol. The van der Waals surface area contributed by atoms with Gasteiger partial charge in [-0.05, 0) is 53.4 Å². The van der Waals surface area contributed by atoms with Gasteiger partial charge >= 0.3 is 5.97 Å². The fourth-order valence-electron chi connectivity index (χ4n) is 3.17. The van der Waals surface area contributed by atoms with Crippen molar-refractivity contribution in [3.8, 4) is 0 Å². The van der Waals surface area contributed by atoms with Gasteiger partial charge in [0, 0.05) is 11.1 Å². The normalized spacial score (nSPS) is 20.0. The first-order valence-corrected chi connectivity index (χ1v) is 8.64. The molecule has 0 aliphatic carbocycles. The van der Waals surface area contributed by atoms with Crippen molar-refractivity contribution in [1.82, 2.24) is 4.90 Å². The number of esters is 1. The number of halogens is 1. The highest BCUT2D eigenvalue weighted by Crippen LogP contribution is 2.41. The molecule has 0 amide bonds. The lowest BCUT2D eigenvalue weighted by molar-refractivity contribution is -0.147. The van der Waals surface area contributed by atoms with E-state index in [-0.39, 0.29) is 12.0 Å². The number of likely N-dealkylation sites (tertiary alicyclic amines) is 1. The minimum absolute atomic E-state index is 0.242. The molecule has 3 nitrogen and oxygen atoms in total. The van der Waals surface area contributed by atoms with Gasteiger partial charge in [-0.1, -0.05) is 29.8 Å². The van der Waals surface area contributed by atoms with Gasteiger partial charge in [0.25, 0.3) is 0 Å². The number of rotatable bonds is 4. The van der Waals surface area contributed by atoms with E-state index in [2.05, 4.69) is 21.7 Å². The second-order valence-corrected chi connectivity index (χ2v) is 6.59. The Balaban J connectivity index is 1.99. The van der Waals surface area contributed by atoms with Crippen LogP contribution in [0.5, 0.6) is 0 Å². The predicted octanol–water partition coefficient (Wildman–Crippen LogP) is 4.45. The van der Waals surface area contributed by atoms with Crippen LogP contribution in [0.4, 0.5) is 0 Å². The van der Waals surface area contributed by atoms with Crippen LogP contribution in [0.1, 0.15) is 36.1 Å². The number of thiophene rings is 1. The van der Waals surface area contributed by atoms with E-state index in [1.165, 1.54) is 12.7 Å². The monoisotopic (exact) mass is 335 g/mol. The lowest BCUT2D eigenvalue weighted by Gasteiger charge is -2.31. The molecular formula is C17H18ClNO2S. The van der Waals surface area contributed by atoms with Crippen molar-refractivity contribution in [1.29, 1.82) is 0 Å². The molecule has 0 N–H and O–H groups in total. The average Bonchev–Trinajstić information content (AvgIpc) is 3.19. The van der Waals surface area contributed by atoms with Gasteiger partial charge in [0.15, 0.2) is 0 Å². The third-order valence-electron chi connectivity index (χ3n) is 4.18. The Morgan fingerprint density at radius 1 is 1.41 bits per heavy atom. The van der Waals surface area contributed by atoms with Gasteiger partial charge in [-0.25, -0.2) is 4.79 Å². The van der Waals surface area contributed by atoms with Crippen molar-refractivity contribution in [2.45, 2.75) is 24.9 Å². The Bertz CT molecular complexity index is 644. The van der Waals surface area contributed by atoms with Crippen molar-refractivity contribution < 1.29 is 9.53 Å². The molecule has 1 saturated heterocycles. The van der Waals surface area contributed by atoms with E-state index < -0.39 is 6.04 Å². The summed E-state index contributed by atoms with van der Waals surface area (Å²) >= 11 is 8.02. The fraction of sp³-hybridized carbons (Fsp3) is 0.353. The highest BCUT2D eigenvalue weighted by atomic mass is 35.5. The van der Waals surface area contributed by atoms with Gasteiger partial charge in [0.2, 0.25) is 0 Å². The van der Waals surface area contributed by atoms with Crippen molar-refractivity contribution >= 4 is 28.9 Å². The van der Waals surface area contributed by atoms with Crippen molar-refractivity contribution in [2.75, 3.05) is 13.7 Å². The molecule has 1 aromatic carbocycles. The first kappa shape index (κ1) is 15.5. The molecule has 5 heteroatoms. The first-order chi connectivity index (χ1) is 10.7. The number of benzene rings is 1. The van der Waals surface area contributed by atoms with E-state index in [0.717, 1.165) is 24.9 Å². The average molecular weight is 336 g/mol. The van der Waals surface area contributed by atoms with Crippen molar-refractivity contribution in [3.63, 3.8) is 0 Å². The Labute approximate surface area is 139 Å². The molecule has 0 radical (unpaired) electrons. The minimum Gasteiger partial charge on any atom is -0.468 e. The smallest absolute Gasteiger partial charge is 0.327 e. The number of hydrogen-bond acceptors (Lipinski definition) is 4. The van der Waals surface area contributed by atoms with Gasteiger partial charge in [0.1, 0.15) is 6.04 Å². The molecule has 0 bridgehead atoms. The van der Waals surface area contributed by atoms with Crippen LogP contribution in [0.3, 0.4) is 0 Å². The lowest BCUT2D eigenvalue weighted by Crippen LogP contribution is -2.34. The van der Waals surface area contributed by atoms with Crippen LogP contribution in [0.25, 0.3) is 0 Å². The van der Waals surface area contributed by atoms with Crippen LogP contribution in [-0.2, 0) is 9.53 Å². The molecule has 116 valence electrons. The zero-order valence-electron chi connectivity index (χ0n) is 12.4. The SMILES string of the molecule is COC(=O)[C@@H](c1ccccc1Cl)N1CCC[C@@H]1c1ccsc1. The molecule has 0 saturated carbocycles.